The molecule has 0 aliphatic rings. The number of imidazole rings is 1. The molecule has 0 atom stereocenters. The van der Waals surface area contributed by atoms with Gasteiger partial charge in [0.2, 0.25) is 5.78 Å². The molecule has 0 bridgehead atoms. The molecule has 0 amide bonds. The highest BCUT2D eigenvalue weighted by Crippen LogP contribution is 2.20. The number of hydrogen-bond acceptors (Lipinski definition) is 4. The van der Waals surface area contributed by atoms with Gasteiger partial charge in [-0.3, -0.25) is 9.20 Å². The van der Waals surface area contributed by atoms with Crippen LogP contribution in [0.25, 0.3) is 16.8 Å². The second kappa shape index (κ2) is 4.48. The molecule has 3 aromatic rings. The minimum Gasteiger partial charge on any atom is -0.464 e. The number of nitrogens with zero attached hydrogens (tertiary/aromatic N) is 3. The second-order valence-electron chi connectivity index (χ2n) is 4.34. The zero-order valence-corrected chi connectivity index (χ0v) is 11.2. The number of methoxy groups -OCH3 is 1. The van der Waals surface area contributed by atoms with Crippen LogP contribution < -0.4 is 5.56 Å². The summed E-state index contributed by atoms with van der Waals surface area (Å²) in [5.74, 6) is -0.111. The lowest BCUT2D eigenvalue weighted by atomic mass is 10.3. The largest absolute Gasteiger partial charge is 0.464 e. The molecule has 2 heterocycles. The summed E-state index contributed by atoms with van der Waals surface area (Å²) in [5, 5.41) is 0. The number of aromatic nitrogens is 3. The zero-order chi connectivity index (χ0) is 14.3. The molecule has 102 valence electrons. The van der Waals surface area contributed by atoms with Crippen LogP contribution in [-0.2, 0) is 11.3 Å². The number of carbonyl (C=O) groups excluding carboxylic acids is 1. The molecule has 0 aliphatic heterocycles. The van der Waals surface area contributed by atoms with Crippen molar-refractivity contribution in [2.75, 3.05) is 7.11 Å². The van der Waals surface area contributed by atoms with Gasteiger partial charge < -0.3 is 9.30 Å². The van der Waals surface area contributed by atoms with Crippen LogP contribution in [0.1, 0.15) is 17.4 Å². The first-order valence-electron chi connectivity index (χ1n) is 6.26. The average Bonchev–Trinajstić information content (AvgIpc) is 2.78. The van der Waals surface area contributed by atoms with Crippen molar-refractivity contribution in [3.05, 3.63) is 46.4 Å². The smallest absolute Gasteiger partial charge is 0.355 e. The molecule has 0 unspecified atom stereocenters. The van der Waals surface area contributed by atoms with Crippen molar-refractivity contribution in [1.29, 1.82) is 0 Å². The molecule has 20 heavy (non-hydrogen) atoms. The molecule has 6 heteroatoms. The minimum absolute atomic E-state index is 0.186. The van der Waals surface area contributed by atoms with Gasteiger partial charge in [0.1, 0.15) is 5.69 Å². The Labute approximate surface area is 114 Å². The third kappa shape index (κ3) is 1.61. The Morgan fingerprint density at radius 1 is 1.30 bits per heavy atom. The van der Waals surface area contributed by atoms with Crippen molar-refractivity contribution in [1.82, 2.24) is 14.0 Å². The fourth-order valence-corrected chi connectivity index (χ4v) is 2.44. The van der Waals surface area contributed by atoms with Crippen LogP contribution in [0.5, 0.6) is 0 Å². The van der Waals surface area contributed by atoms with Crippen LogP contribution in [0.2, 0.25) is 0 Å². The van der Waals surface area contributed by atoms with Gasteiger partial charge in [0.15, 0.2) is 0 Å². The van der Waals surface area contributed by atoms with Crippen molar-refractivity contribution in [2.24, 2.45) is 0 Å². The highest BCUT2D eigenvalue weighted by molar-refractivity contribution is 5.91. The number of carbonyl (C=O) groups is 1. The Bertz CT molecular complexity index is 876. The van der Waals surface area contributed by atoms with Crippen LogP contribution >= 0.6 is 0 Å². The summed E-state index contributed by atoms with van der Waals surface area (Å²) in [7, 11) is 1.29. The summed E-state index contributed by atoms with van der Waals surface area (Å²) in [4.78, 5) is 27.6. The van der Waals surface area contributed by atoms with Crippen molar-refractivity contribution < 1.29 is 9.53 Å². The quantitative estimate of drug-likeness (QED) is 0.662. The second-order valence-corrected chi connectivity index (χ2v) is 4.34. The fraction of sp³-hybridized carbons (Fsp3) is 0.214. The summed E-state index contributed by atoms with van der Waals surface area (Å²) in [6.07, 6.45) is 0. The maximum atomic E-state index is 11.9. The summed E-state index contributed by atoms with van der Waals surface area (Å²) in [6, 6.07) is 8.79. The monoisotopic (exact) mass is 271 g/mol. The number of benzene rings is 1. The number of aryl methyl sites for hydroxylation is 1. The number of rotatable bonds is 2. The fourth-order valence-electron chi connectivity index (χ4n) is 2.44. The minimum atomic E-state index is -0.557. The van der Waals surface area contributed by atoms with Crippen LogP contribution in [0, 0.1) is 0 Å². The van der Waals surface area contributed by atoms with Gasteiger partial charge in [-0.25, -0.2) is 4.79 Å². The maximum absolute atomic E-state index is 11.9. The normalized spacial score (nSPS) is 11.1. The van der Waals surface area contributed by atoms with E-state index in [0.29, 0.717) is 12.3 Å². The predicted octanol–water partition coefficient (Wildman–Crippen LogP) is 1.46. The third-order valence-corrected chi connectivity index (χ3v) is 3.28. The SMILES string of the molecule is CCn1c2ccccc2n2c(C(=O)OC)cc(=O)nc12. The van der Waals surface area contributed by atoms with Gasteiger partial charge in [0.25, 0.3) is 5.56 Å². The topological polar surface area (TPSA) is 65.6 Å². The van der Waals surface area contributed by atoms with E-state index in [1.807, 2.05) is 35.8 Å². The molecule has 2 aromatic heterocycles. The lowest BCUT2D eigenvalue weighted by Crippen LogP contribution is -2.17. The molecule has 3 rings (SSSR count). The van der Waals surface area contributed by atoms with E-state index in [2.05, 4.69) is 4.98 Å². The number of para-hydroxylation sites is 2. The van der Waals surface area contributed by atoms with E-state index in [-0.39, 0.29) is 5.69 Å². The van der Waals surface area contributed by atoms with E-state index in [0.717, 1.165) is 11.0 Å². The van der Waals surface area contributed by atoms with Gasteiger partial charge in [-0.15, -0.1) is 0 Å². The number of hydrogen-bond donors (Lipinski definition) is 0. The first kappa shape index (κ1) is 12.4. The van der Waals surface area contributed by atoms with E-state index in [4.69, 9.17) is 4.74 Å². The summed E-state index contributed by atoms with van der Waals surface area (Å²) in [5.41, 5.74) is 1.46. The highest BCUT2D eigenvalue weighted by atomic mass is 16.5. The van der Waals surface area contributed by atoms with Gasteiger partial charge in [-0.1, -0.05) is 12.1 Å². The lowest BCUT2D eigenvalue weighted by molar-refractivity contribution is 0.0592. The van der Waals surface area contributed by atoms with Gasteiger partial charge >= 0.3 is 5.97 Å². The first-order valence-corrected chi connectivity index (χ1v) is 6.26. The van der Waals surface area contributed by atoms with Crippen LogP contribution in [0.15, 0.2) is 35.1 Å². The first-order chi connectivity index (χ1) is 9.67. The lowest BCUT2D eigenvalue weighted by Gasteiger charge is -2.04. The average molecular weight is 271 g/mol. The van der Waals surface area contributed by atoms with Crippen LogP contribution in [0.4, 0.5) is 0 Å². The molecule has 0 spiro atoms. The summed E-state index contributed by atoms with van der Waals surface area (Å²) >= 11 is 0. The number of fused-ring (bicyclic) bond motifs is 3. The van der Waals surface area contributed by atoms with E-state index >= 15 is 0 Å². The molecule has 0 radical (unpaired) electrons. The highest BCUT2D eigenvalue weighted by Gasteiger charge is 2.18. The summed E-state index contributed by atoms with van der Waals surface area (Å²) in [6.45, 7) is 2.61. The van der Waals surface area contributed by atoms with Gasteiger partial charge in [-0.05, 0) is 19.1 Å². The van der Waals surface area contributed by atoms with Gasteiger partial charge in [-0.2, -0.15) is 4.98 Å². The Kier molecular flexibility index (Phi) is 2.78. The Morgan fingerprint density at radius 3 is 2.65 bits per heavy atom. The molecular weight excluding hydrogens is 258 g/mol. The van der Waals surface area contributed by atoms with E-state index < -0.39 is 11.5 Å². The van der Waals surface area contributed by atoms with Crippen molar-refractivity contribution in [3.8, 4) is 0 Å². The Balaban J connectivity index is 2.59. The molecule has 1 aromatic carbocycles. The van der Waals surface area contributed by atoms with E-state index in [1.54, 1.807) is 4.40 Å². The molecular formula is C14H13N3O3. The van der Waals surface area contributed by atoms with Gasteiger partial charge in [0, 0.05) is 12.6 Å². The van der Waals surface area contributed by atoms with Crippen molar-refractivity contribution in [3.63, 3.8) is 0 Å². The molecule has 0 fully saturated rings. The molecule has 0 saturated carbocycles. The molecule has 0 saturated heterocycles. The number of ether oxygens (including phenoxy) is 1. The van der Waals surface area contributed by atoms with E-state index in [9.17, 15) is 9.59 Å². The standard InChI is InChI=1S/C14H13N3O3/c1-3-16-9-6-4-5-7-10(9)17-11(13(19)20-2)8-12(18)15-14(16)17/h4-8H,3H2,1-2H3. The van der Waals surface area contributed by atoms with Crippen LogP contribution in [-0.4, -0.2) is 27.0 Å². The maximum Gasteiger partial charge on any atom is 0.355 e. The van der Waals surface area contributed by atoms with Gasteiger partial charge in [0.05, 0.1) is 18.1 Å². The number of esters is 1. The zero-order valence-electron chi connectivity index (χ0n) is 11.2. The molecule has 0 N–H and O–H groups in total. The van der Waals surface area contributed by atoms with Crippen molar-refractivity contribution >= 4 is 22.8 Å². The van der Waals surface area contributed by atoms with Crippen molar-refractivity contribution in [2.45, 2.75) is 13.5 Å². The van der Waals surface area contributed by atoms with Crippen LogP contribution in [0.3, 0.4) is 0 Å². The Hall–Kier alpha value is -2.63. The van der Waals surface area contributed by atoms with E-state index in [1.165, 1.54) is 13.2 Å². The predicted molar refractivity (Wildman–Crippen MR) is 74.0 cm³/mol. The molecule has 0 aliphatic carbocycles. The Morgan fingerprint density at radius 2 is 2.00 bits per heavy atom. The summed E-state index contributed by atoms with van der Waals surface area (Å²) < 4.78 is 8.31. The third-order valence-electron chi connectivity index (χ3n) is 3.28. The molecule has 6 nitrogen and oxygen atoms in total.